The van der Waals surface area contributed by atoms with Gasteiger partial charge in [-0.3, -0.25) is 14.4 Å². The van der Waals surface area contributed by atoms with Gasteiger partial charge in [0.05, 0.1) is 12.1 Å². The predicted octanol–water partition coefficient (Wildman–Crippen LogP) is 4.00. The highest BCUT2D eigenvalue weighted by Gasteiger charge is 2.45. The molecule has 0 bridgehead atoms. The average Bonchev–Trinajstić information content (AvgIpc) is 4.03. The fourth-order valence-electron chi connectivity index (χ4n) is 4.89. The van der Waals surface area contributed by atoms with Gasteiger partial charge in [-0.25, -0.2) is 4.79 Å². The summed E-state index contributed by atoms with van der Waals surface area (Å²) in [6.07, 6.45) is -1.21. The Kier molecular flexibility index (Phi) is 11.8. The minimum Gasteiger partial charge on any atom is -0.464 e. The van der Waals surface area contributed by atoms with Crippen LogP contribution in [0.3, 0.4) is 0 Å². The van der Waals surface area contributed by atoms with Gasteiger partial charge < -0.3 is 36.1 Å². The van der Waals surface area contributed by atoms with Crippen LogP contribution in [0.1, 0.15) is 54.9 Å². The molecule has 18 heteroatoms. The number of anilines is 3. The van der Waals surface area contributed by atoms with Crippen LogP contribution in [-0.4, -0.2) is 77.2 Å². The van der Waals surface area contributed by atoms with Crippen LogP contribution in [0, 0.1) is 5.92 Å². The maximum Gasteiger partial charge on any atom is 0.422 e. The van der Waals surface area contributed by atoms with Crippen LogP contribution in [0.4, 0.5) is 30.8 Å². The van der Waals surface area contributed by atoms with Gasteiger partial charge in [-0.05, 0) is 86.9 Å². The average molecular weight is 733 g/mol. The fraction of sp³-hybridized carbons (Fsp3) is 0.424. The summed E-state index contributed by atoms with van der Waals surface area (Å²) in [5.74, 6) is -2.71. The summed E-state index contributed by atoms with van der Waals surface area (Å²) in [5, 5.41) is 14.2. The van der Waals surface area contributed by atoms with Crippen molar-refractivity contribution in [3.05, 3.63) is 64.7 Å². The van der Waals surface area contributed by atoms with Crippen molar-refractivity contribution >= 4 is 52.9 Å². The molecule has 0 radical (unpaired) electrons. The Morgan fingerprint density at radius 2 is 1.61 bits per heavy atom. The van der Waals surface area contributed by atoms with Crippen molar-refractivity contribution in [2.45, 2.75) is 56.8 Å². The Morgan fingerprint density at radius 3 is 2.24 bits per heavy atom. The Labute approximate surface area is 295 Å². The first-order chi connectivity index (χ1) is 24.3. The first kappa shape index (κ1) is 37.1. The van der Waals surface area contributed by atoms with Gasteiger partial charge in [0.1, 0.15) is 6.04 Å². The molecule has 2 aromatic carbocycles. The Balaban J connectivity index is 1.22. The third-order valence-electron chi connectivity index (χ3n) is 7.93. The van der Waals surface area contributed by atoms with E-state index in [9.17, 15) is 32.3 Å². The summed E-state index contributed by atoms with van der Waals surface area (Å²) in [7, 11) is 0. The minimum atomic E-state index is -4.63. The molecule has 5 N–H and O–H groups in total. The number of alkyl halides is 3. The number of hydrogen-bond donors (Lipinski definition) is 5. The molecule has 1 atom stereocenters. The summed E-state index contributed by atoms with van der Waals surface area (Å²) in [6, 6.07) is 11.3. The number of halogens is 4. The highest BCUT2D eigenvalue weighted by atomic mass is 35.5. The second kappa shape index (κ2) is 16.2. The quantitative estimate of drug-likeness (QED) is 0.106. The van der Waals surface area contributed by atoms with E-state index in [0.717, 1.165) is 18.4 Å². The molecule has 0 aliphatic heterocycles. The van der Waals surface area contributed by atoms with Gasteiger partial charge in [0.2, 0.25) is 11.9 Å². The van der Waals surface area contributed by atoms with Crippen LogP contribution >= 0.6 is 11.6 Å². The van der Waals surface area contributed by atoms with Crippen LogP contribution in [0.15, 0.2) is 48.5 Å². The van der Waals surface area contributed by atoms with E-state index in [1.807, 2.05) is 12.1 Å². The van der Waals surface area contributed by atoms with Gasteiger partial charge in [0, 0.05) is 29.4 Å². The SMILES string of the molecule is CCOC(=O)[C@H](CCNC(=O)C(=O)NCC1CC1)NC(=O)c1ccc(Nc2nc(NC3(c4ccc(Cl)cc4)CC3)nc(OCC(F)(F)F)n2)cc1. The van der Waals surface area contributed by atoms with Crippen molar-refractivity contribution in [1.82, 2.24) is 30.9 Å². The number of ether oxygens (including phenoxy) is 2. The number of amides is 3. The fourth-order valence-corrected chi connectivity index (χ4v) is 5.02. The van der Waals surface area contributed by atoms with Crippen LogP contribution in [0.5, 0.6) is 6.01 Å². The van der Waals surface area contributed by atoms with E-state index in [1.165, 1.54) is 24.3 Å². The summed E-state index contributed by atoms with van der Waals surface area (Å²) in [6.45, 7) is 0.395. The lowest BCUT2D eigenvalue weighted by Crippen LogP contribution is -2.46. The van der Waals surface area contributed by atoms with Gasteiger partial charge in [0.15, 0.2) is 6.61 Å². The number of carbonyl (C=O) groups is 4. The topological polar surface area (TPSA) is 186 Å². The number of rotatable bonds is 16. The first-order valence-corrected chi connectivity index (χ1v) is 16.6. The summed E-state index contributed by atoms with van der Waals surface area (Å²) < 4.78 is 48.7. The number of aromatic nitrogens is 3. The molecule has 2 aliphatic carbocycles. The number of carbonyl (C=O) groups excluding carboxylic acids is 4. The standard InChI is InChI=1S/C33H36ClF3N8O6/c1-2-50-28(49)24(13-16-38-26(47)27(48)39-17-19-3-4-19)41-25(46)20-5-11-23(12-6-20)40-29-42-30(44-31(43-29)51-18-33(35,36)37)45-32(14-15-32)21-7-9-22(34)10-8-21/h5-12,19,24H,2-4,13-18H2,1H3,(H,38,47)(H,39,48)(H,41,46)(H2,40,42,43,44,45)/t24-/m0/s1. The largest absolute Gasteiger partial charge is 0.464 e. The third kappa shape index (κ3) is 11.2. The molecule has 1 heterocycles. The Hall–Kier alpha value is -5.19. The van der Waals surface area contributed by atoms with Gasteiger partial charge in [-0.2, -0.15) is 28.1 Å². The molecular weight excluding hydrogens is 697 g/mol. The monoisotopic (exact) mass is 732 g/mol. The minimum absolute atomic E-state index is 0.0202. The molecule has 0 saturated heterocycles. The smallest absolute Gasteiger partial charge is 0.422 e. The molecule has 2 saturated carbocycles. The summed E-state index contributed by atoms with van der Waals surface area (Å²) in [5.41, 5.74) is 0.879. The molecule has 272 valence electrons. The van der Waals surface area contributed by atoms with E-state index in [-0.39, 0.29) is 37.0 Å². The third-order valence-corrected chi connectivity index (χ3v) is 8.18. The van der Waals surface area contributed by atoms with E-state index < -0.39 is 54.1 Å². The van der Waals surface area contributed by atoms with Crippen LogP contribution in [0.25, 0.3) is 0 Å². The molecule has 0 unspecified atom stereocenters. The molecule has 14 nitrogen and oxygen atoms in total. The lowest BCUT2D eigenvalue weighted by atomic mass is 10.1. The van der Waals surface area contributed by atoms with Gasteiger partial charge in [0.25, 0.3) is 5.91 Å². The molecule has 5 rings (SSSR count). The van der Waals surface area contributed by atoms with E-state index in [1.54, 1.807) is 19.1 Å². The van der Waals surface area contributed by atoms with Crippen molar-refractivity contribution in [3.8, 4) is 6.01 Å². The molecular formula is C33H36ClF3N8O6. The van der Waals surface area contributed by atoms with Crippen molar-refractivity contribution < 1.29 is 41.8 Å². The number of nitrogens with zero attached hydrogens (tertiary/aromatic N) is 3. The zero-order valence-corrected chi connectivity index (χ0v) is 28.2. The Bertz CT molecular complexity index is 1720. The van der Waals surface area contributed by atoms with Crippen molar-refractivity contribution in [1.29, 1.82) is 0 Å². The van der Waals surface area contributed by atoms with Gasteiger partial charge in [-0.15, -0.1) is 0 Å². The number of esters is 1. The second-order valence-corrected chi connectivity index (χ2v) is 12.5. The molecule has 0 spiro atoms. The molecule has 2 fully saturated rings. The first-order valence-electron chi connectivity index (χ1n) is 16.2. The normalized spacial score (nSPS) is 15.2. The van der Waals surface area contributed by atoms with E-state index in [0.29, 0.717) is 36.0 Å². The predicted molar refractivity (Wildman–Crippen MR) is 178 cm³/mol. The van der Waals surface area contributed by atoms with E-state index in [4.69, 9.17) is 21.1 Å². The zero-order chi connectivity index (χ0) is 36.6. The number of benzene rings is 2. The molecule has 2 aliphatic rings. The maximum absolute atomic E-state index is 13.1. The van der Waals surface area contributed by atoms with Crippen molar-refractivity contribution in [2.24, 2.45) is 5.92 Å². The maximum atomic E-state index is 13.1. The second-order valence-electron chi connectivity index (χ2n) is 12.1. The van der Waals surface area contributed by atoms with Crippen LogP contribution in [-0.2, 0) is 24.7 Å². The highest BCUT2D eigenvalue weighted by molar-refractivity contribution is 6.35. The molecule has 1 aromatic heterocycles. The molecule has 3 aromatic rings. The van der Waals surface area contributed by atoms with Gasteiger partial charge >= 0.3 is 30.0 Å². The number of hydrogen-bond acceptors (Lipinski definition) is 11. The van der Waals surface area contributed by atoms with Crippen LogP contribution in [0.2, 0.25) is 5.02 Å². The zero-order valence-electron chi connectivity index (χ0n) is 27.4. The van der Waals surface area contributed by atoms with Gasteiger partial charge in [-0.1, -0.05) is 23.7 Å². The van der Waals surface area contributed by atoms with Crippen molar-refractivity contribution in [2.75, 3.05) is 36.9 Å². The molecule has 51 heavy (non-hydrogen) atoms. The van der Waals surface area contributed by atoms with Crippen LogP contribution < -0.4 is 31.3 Å². The van der Waals surface area contributed by atoms with E-state index in [2.05, 4.69) is 41.5 Å². The summed E-state index contributed by atoms with van der Waals surface area (Å²) >= 11 is 6.02. The lowest BCUT2D eigenvalue weighted by molar-refractivity contribution is -0.154. The lowest BCUT2D eigenvalue weighted by Gasteiger charge is -2.19. The molecule has 3 amide bonds. The van der Waals surface area contributed by atoms with Crippen molar-refractivity contribution in [3.63, 3.8) is 0 Å². The van der Waals surface area contributed by atoms with E-state index >= 15 is 0 Å². The Morgan fingerprint density at radius 1 is 0.941 bits per heavy atom. The number of nitrogens with one attached hydrogen (secondary N) is 5. The highest BCUT2D eigenvalue weighted by Crippen LogP contribution is 2.48. The summed E-state index contributed by atoms with van der Waals surface area (Å²) in [4.78, 5) is 62.0.